The van der Waals surface area contributed by atoms with Crippen LogP contribution >= 0.6 is 0 Å². The van der Waals surface area contributed by atoms with Gasteiger partial charge in [-0.25, -0.2) is 4.98 Å². The number of anilines is 2. The fourth-order valence-corrected chi connectivity index (χ4v) is 1.90. The molecular weight excluding hydrogens is 246 g/mol. The van der Waals surface area contributed by atoms with Crippen molar-refractivity contribution < 1.29 is 4.92 Å². The maximum Gasteiger partial charge on any atom is 0.314 e. The minimum atomic E-state index is -0.471. The average molecular weight is 261 g/mol. The fourth-order valence-electron chi connectivity index (χ4n) is 1.90. The first-order valence-electron chi connectivity index (χ1n) is 5.83. The van der Waals surface area contributed by atoms with E-state index in [1.165, 1.54) is 6.07 Å². The number of benzene rings is 1. The lowest BCUT2D eigenvalue weighted by Crippen LogP contribution is -2.22. The van der Waals surface area contributed by atoms with Gasteiger partial charge in [0.15, 0.2) is 0 Å². The minimum Gasteiger partial charge on any atom is -0.393 e. The van der Waals surface area contributed by atoms with E-state index >= 15 is 0 Å². The van der Waals surface area contributed by atoms with Crippen LogP contribution in [0.2, 0.25) is 0 Å². The van der Waals surface area contributed by atoms with E-state index in [9.17, 15) is 10.1 Å². The van der Waals surface area contributed by atoms with Crippen LogP contribution in [0, 0.1) is 10.1 Å². The first kappa shape index (κ1) is 12.9. The number of hydrogen-bond acceptors (Lipinski definition) is 5. The van der Waals surface area contributed by atoms with Crippen molar-refractivity contribution in [2.75, 3.05) is 11.1 Å². The van der Waals surface area contributed by atoms with Crippen LogP contribution in [0.4, 0.5) is 17.1 Å². The van der Waals surface area contributed by atoms with Gasteiger partial charge in [0.2, 0.25) is 0 Å². The molecule has 7 heteroatoms. The van der Waals surface area contributed by atoms with Gasteiger partial charge in [-0.3, -0.25) is 10.1 Å². The summed E-state index contributed by atoms with van der Waals surface area (Å²) in [6, 6.07) is 4.87. The Morgan fingerprint density at radius 3 is 3.00 bits per heavy atom. The van der Waals surface area contributed by atoms with Crippen molar-refractivity contribution in [3.63, 3.8) is 0 Å². The van der Waals surface area contributed by atoms with Gasteiger partial charge in [0.1, 0.15) is 11.4 Å². The second kappa shape index (κ2) is 5.38. The lowest BCUT2D eigenvalue weighted by Gasteiger charge is -2.16. The molecule has 2 rings (SSSR count). The number of nitrogens with one attached hydrogen (secondary N) is 1. The third-order valence-corrected chi connectivity index (χ3v) is 2.70. The summed E-state index contributed by atoms with van der Waals surface area (Å²) in [5.41, 5.74) is 6.14. The van der Waals surface area contributed by atoms with Crippen molar-refractivity contribution in [3.8, 4) is 0 Å². The normalized spacial score (nSPS) is 12.1. The molecule has 0 fully saturated rings. The van der Waals surface area contributed by atoms with Crippen LogP contribution in [0.5, 0.6) is 0 Å². The van der Waals surface area contributed by atoms with Crippen LogP contribution in [0.1, 0.15) is 6.92 Å². The zero-order valence-corrected chi connectivity index (χ0v) is 10.5. The number of nitro benzene ring substituents is 1. The van der Waals surface area contributed by atoms with E-state index in [-0.39, 0.29) is 17.4 Å². The Morgan fingerprint density at radius 2 is 2.37 bits per heavy atom. The highest BCUT2D eigenvalue weighted by Crippen LogP contribution is 2.30. The van der Waals surface area contributed by atoms with Crippen molar-refractivity contribution in [2.45, 2.75) is 19.5 Å². The Kier molecular flexibility index (Phi) is 3.65. The second-order valence-corrected chi connectivity index (χ2v) is 4.31. The molecule has 0 spiro atoms. The second-order valence-electron chi connectivity index (χ2n) is 4.31. The third kappa shape index (κ3) is 3.01. The number of nitrogens with two attached hydrogens (primary N) is 1. The quantitative estimate of drug-likeness (QED) is 0.486. The van der Waals surface area contributed by atoms with Crippen molar-refractivity contribution in [1.29, 1.82) is 0 Å². The summed E-state index contributed by atoms with van der Waals surface area (Å²) in [4.78, 5) is 14.5. The van der Waals surface area contributed by atoms with E-state index in [2.05, 4.69) is 10.3 Å². The van der Waals surface area contributed by atoms with Gasteiger partial charge in [-0.15, -0.1) is 0 Å². The van der Waals surface area contributed by atoms with E-state index < -0.39 is 4.92 Å². The van der Waals surface area contributed by atoms with E-state index in [1.54, 1.807) is 24.7 Å². The van der Waals surface area contributed by atoms with E-state index in [1.807, 2.05) is 17.7 Å². The monoisotopic (exact) mass is 261 g/mol. The Hall–Kier alpha value is -2.57. The highest BCUT2D eigenvalue weighted by Gasteiger charge is 2.18. The Morgan fingerprint density at radius 1 is 1.58 bits per heavy atom. The molecule has 1 unspecified atom stereocenters. The first-order valence-corrected chi connectivity index (χ1v) is 5.83. The van der Waals surface area contributed by atoms with Crippen LogP contribution in [-0.2, 0) is 6.54 Å². The topological polar surface area (TPSA) is 99.0 Å². The van der Waals surface area contributed by atoms with Crippen LogP contribution in [-0.4, -0.2) is 20.5 Å². The van der Waals surface area contributed by atoms with Gasteiger partial charge in [0, 0.05) is 25.0 Å². The number of aromatic nitrogens is 2. The van der Waals surface area contributed by atoms with Gasteiger partial charge < -0.3 is 15.6 Å². The average Bonchev–Trinajstić information content (AvgIpc) is 2.81. The molecule has 1 atom stereocenters. The number of nitrogens with zero attached hydrogens (tertiary/aromatic N) is 3. The first-order chi connectivity index (χ1) is 9.08. The molecule has 1 heterocycles. The van der Waals surface area contributed by atoms with Gasteiger partial charge in [0.05, 0.1) is 11.3 Å². The third-order valence-electron chi connectivity index (χ3n) is 2.70. The van der Waals surface area contributed by atoms with Gasteiger partial charge in [-0.1, -0.05) is 6.07 Å². The number of nitrogen functional groups attached to an aromatic ring is 1. The standard InChI is InChI=1S/C12H15N5O2/c1-9(7-16-6-5-14-8-16)15-11-4-2-3-10(13)12(11)17(18)19/h2-6,8-9,15H,7,13H2,1H3. The molecular formula is C12H15N5O2. The number of para-hydroxylation sites is 1. The predicted molar refractivity (Wildman–Crippen MR) is 72.8 cm³/mol. The maximum absolute atomic E-state index is 11.0. The maximum atomic E-state index is 11.0. The summed E-state index contributed by atoms with van der Waals surface area (Å²) in [5, 5.41) is 14.1. The highest BCUT2D eigenvalue weighted by molar-refractivity contribution is 5.74. The Labute approximate surface area is 110 Å². The van der Waals surface area contributed by atoms with Crippen molar-refractivity contribution in [3.05, 3.63) is 47.0 Å². The van der Waals surface area contributed by atoms with Gasteiger partial charge in [0.25, 0.3) is 0 Å². The molecule has 0 radical (unpaired) electrons. The van der Waals surface area contributed by atoms with E-state index in [0.717, 1.165) is 0 Å². The molecule has 0 aliphatic heterocycles. The molecule has 7 nitrogen and oxygen atoms in total. The summed E-state index contributed by atoms with van der Waals surface area (Å²) in [5.74, 6) is 0. The van der Waals surface area contributed by atoms with E-state index in [4.69, 9.17) is 5.73 Å². The Bertz CT molecular complexity index is 568. The summed E-state index contributed by atoms with van der Waals surface area (Å²) in [6.45, 7) is 2.60. The highest BCUT2D eigenvalue weighted by atomic mass is 16.6. The van der Waals surface area contributed by atoms with Crippen LogP contribution < -0.4 is 11.1 Å². The number of imidazole rings is 1. The lowest BCUT2D eigenvalue weighted by atomic mass is 10.2. The zero-order chi connectivity index (χ0) is 13.8. The smallest absolute Gasteiger partial charge is 0.314 e. The molecule has 3 N–H and O–H groups in total. The summed E-state index contributed by atoms with van der Waals surface area (Å²) in [6.07, 6.45) is 5.23. The molecule has 1 aromatic carbocycles. The fraction of sp³-hybridized carbons (Fsp3) is 0.250. The van der Waals surface area contributed by atoms with Crippen LogP contribution in [0.25, 0.3) is 0 Å². The molecule has 0 saturated carbocycles. The summed E-state index contributed by atoms with van der Waals surface area (Å²) in [7, 11) is 0. The molecule has 0 amide bonds. The minimum absolute atomic E-state index is 0.00898. The lowest BCUT2D eigenvalue weighted by molar-refractivity contribution is -0.383. The van der Waals surface area contributed by atoms with E-state index in [0.29, 0.717) is 12.2 Å². The van der Waals surface area contributed by atoms with Crippen molar-refractivity contribution >= 4 is 17.1 Å². The van der Waals surface area contributed by atoms with Crippen LogP contribution in [0.15, 0.2) is 36.9 Å². The molecule has 0 aliphatic rings. The summed E-state index contributed by atoms with van der Waals surface area (Å²) >= 11 is 0. The van der Waals surface area contributed by atoms with Crippen molar-refractivity contribution in [1.82, 2.24) is 9.55 Å². The van der Waals surface area contributed by atoms with Gasteiger partial charge in [-0.05, 0) is 19.1 Å². The molecule has 2 aromatic rings. The summed E-state index contributed by atoms with van der Waals surface area (Å²) < 4.78 is 1.90. The number of nitro groups is 1. The van der Waals surface area contributed by atoms with Gasteiger partial charge in [-0.2, -0.15) is 0 Å². The molecule has 0 saturated heterocycles. The number of hydrogen-bond donors (Lipinski definition) is 2. The SMILES string of the molecule is CC(Cn1ccnc1)Nc1cccc(N)c1[N+](=O)[O-]. The molecule has 0 bridgehead atoms. The Balaban J connectivity index is 2.14. The largest absolute Gasteiger partial charge is 0.393 e. The van der Waals surface area contributed by atoms with Gasteiger partial charge >= 0.3 is 5.69 Å². The molecule has 0 aliphatic carbocycles. The molecule has 1 aromatic heterocycles. The van der Waals surface area contributed by atoms with Crippen molar-refractivity contribution in [2.24, 2.45) is 0 Å². The molecule has 19 heavy (non-hydrogen) atoms. The predicted octanol–water partition coefficient (Wildman–Crippen LogP) is 1.87. The van der Waals surface area contributed by atoms with Crippen LogP contribution in [0.3, 0.4) is 0 Å². The number of rotatable bonds is 5. The zero-order valence-electron chi connectivity index (χ0n) is 10.5. The molecule has 100 valence electrons.